The van der Waals surface area contributed by atoms with Gasteiger partial charge in [0.1, 0.15) is 0 Å². The summed E-state index contributed by atoms with van der Waals surface area (Å²) in [5.74, 6) is -3.89. The van der Waals surface area contributed by atoms with E-state index in [-0.39, 0.29) is 11.3 Å². The minimum absolute atomic E-state index is 0.101. The summed E-state index contributed by atoms with van der Waals surface area (Å²) in [6, 6.07) is 5.95. The molecule has 1 aromatic heterocycles. The first-order valence-electron chi connectivity index (χ1n) is 9.30. The van der Waals surface area contributed by atoms with Crippen LogP contribution in [0.25, 0.3) is 11.3 Å². The number of hydrogen-bond acceptors (Lipinski definition) is 5. The van der Waals surface area contributed by atoms with Gasteiger partial charge in [-0.3, -0.25) is 4.79 Å². The number of rotatable bonds is 10. The summed E-state index contributed by atoms with van der Waals surface area (Å²) in [6.45, 7) is 2.18. The van der Waals surface area contributed by atoms with E-state index in [4.69, 9.17) is 9.63 Å². The van der Waals surface area contributed by atoms with Crippen molar-refractivity contribution in [2.75, 3.05) is 5.32 Å². The lowest BCUT2D eigenvalue weighted by molar-refractivity contribution is -0.147. The quantitative estimate of drug-likeness (QED) is 0.415. The molecule has 0 saturated heterocycles. The number of aryl methyl sites for hydroxylation is 1. The zero-order valence-electron chi connectivity index (χ0n) is 15.7. The fourth-order valence-electron chi connectivity index (χ4n) is 2.81. The van der Waals surface area contributed by atoms with Gasteiger partial charge in [0.05, 0.1) is 16.9 Å². The molecule has 0 fully saturated rings. The van der Waals surface area contributed by atoms with Crippen molar-refractivity contribution in [1.82, 2.24) is 5.16 Å². The van der Waals surface area contributed by atoms with Gasteiger partial charge in [-0.25, -0.2) is 9.59 Å². The van der Waals surface area contributed by atoms with Crippen molar-refractivity contribution >= 4 is 23.5 Å². The molecule has 0 spiro atoms. The molecule has 1 heterocycles. The summed E-state index contributed by atoms with van der Waals surface area (Å²) >= 11 is 0. The SMILES string of the molecule is CCCCCCCCc1cc(-c2ccc(NC(=O)C(=O)O)c(C(=O)O)c2)on1. The molecule has 0 unspecified atom stereocenters. The first-order chi connectivity index (χ1) is 13.4. The van der Waals surface area contributed by atoms with Crippen LogP contribution < -0.4 is 5.32 Å². The predicted molar refractivity (Wildman–Crippen MR) is 102 cm³/mol. The van der Waals surface area contributed by atoms with E-state index >= 15 is 0 Å². The third kappa shape index (κ3) is 5.94. The standard InChI is InChI=1S/C20H24N2O6/c1-2-3-4-5-6-7-8-14-12-17(28-22-14)13-9-10-16(15(11-13)19(24)25)21-18(23)20(26)27/h9-12H,2-8H2,1H3,(H,21,23)(H,24,25)(H,26,27). The number of anilines is 1. The van der Waals surface area contributed by atoms with Crippen molar-refractivity contribution in [2.45, 2.75) is 51.9 Å². The van der Waals surface area contributed by atoms with E-state index in [0.29, 0.717) is 11.3 Å². The molecule has 8 nitrogen and oxygen atoms in total. The van der Waals surface area contributed by atoms with Crippen LogP contribution in [0.2, 0.25) is 0 Å². The zero-order valence-corrected chi connectivity index (χ0v) is 15.7. The Labute approximate surface area is 162 Å². The molecule has 2 rings (SSSR count). The van der Waals surface area contributed by atoms with Gasteiger partial charge in [0.15, 0.2) is 5.76 Å². The lowest BCUT2D eigenvalue weighted by Gasteiger charge is -2.07. The Morgan fingerprint density at radius 3 is 2.43 bits per heavy atom. The molecule has 1 aromatic carbocycles. The second-order valence-corrected chi connectivity index (χ2v) is 6.53. The molecule has 0 aliphatic carbocycles. The van der Waals surface area contributed by atoms with Crippen molar-refractivity contribution < 1.29 is 29.1 Å². The number of nitrogens with zero attached hydrogens (tertiary/aromatic N) is 1. The van der Waals surface area contributed by atoms with Gasteiger partial charge in [-0.05, 0) is 31.0 Å². The number of nitrogens with one attached hydrogen (secondary N) is 1. The van der Waals surface area contributed by atoms with Crippen LogP contribution in [0.4, 0.5) is 5.69 Å². The summed E-state index contributed by atoms with van der Waals surface area (Å²) in [7, 11) is 0. The van der Waals surface area contributed by atoms with Gasteiger partial charge in [0.25, 0.3) is 0 Å². The number of aromatic carboxylic acids is 1. The van der Waals surface area contributed by atoms with Crippen molar-refractivity contribution in [3.63, 3.8) is 0 Å². The van der Waals surface area contributed by atoms with E-state index < -0.39 is 17.8 Å². The molecule has 0 bridgehead atoms. The number of benzene rings is 1. The van der Waals surface area contributed by atoms with Crippen molar-refractivity contribution in [1.29, 1.82) is 0 Å². The highest BCUT2D eigenvalue weighted by Crippen LogP contribution is 2.26. The molecular formula is C20H24N2O6. The molecule has 8 heteroatoms. The average Bonchev–Trinajstić information content (AvgIpc) is 3.13. The highest BCUT2D eigenvalue weighted by Gasteiger charge is 2.18. The first kappa shape index (κ1) is 21.1. The Bertz CT molecular complexity index is 843. The van der Waals surface area contributed by atoms with Crippen LogP contribution >= 0.6 is 0 Å². The largest absolute Gasteiger partial charge is 0.478 e. The van der Waals surface area contributed by atoms with Crippen LogP contribution in [0.15, 0.2) is 28.8 Å². The first-order valence-corrected chi connectivity index (χ1v) is 9.30. The lowest BCUT2D eigenvalue weighted by Crippen LogP contribution is -2.23. The van der Waals surface area contributed by atoms with E-state index in [9.17, 15) is 19.5 Å². The molecule has 1 amide bonds. The van der Waals surface area contributed by atoms with E-state index in [1.54, 1.807) is 12.1 Å². The van der Waals surface area contributed by atoms with Crippen LogP contribution in [0.3, 0.4) is 0 Å². The Morgan fingerprint density at radius 1 is 1.04 bits per heavy atom. The molecule has 0 atom stereocenters. The van der Waals surface area contributed by atoms with Crippen molar-refractivity contribution in [2.24, 2.45) is 0 Å². The van der Waals surface area contributed by atoms with E-state index in [1.165, 1.54) is 37.8 Å². The number of amides is 1. The predicted octanol–water partition coefficient (Wildman–Crippen LogP) is 3.97. The van der Waals surface area contributed by atoms with E-state index in [1.807, 2.05) is 0 Å². The van der Waals surface area contributed by atoms with Gasteiger partial charge < -0.3 is 20.1 Å². The summed E-state index contributed by atoms with van der Waals surface area (Å²) in [4.78, 5) is 33.4. The number of unbranched alkanes of at least 4 members (excludes halogenated alkanes) is 5. The number of aliphatic carboxylic acids is 1. The Kier molecular flexibility index (Phi) is 7.74. The summed E-state index contributed by atoms with van der Waals surface area (Å²) in [5.41, 5.74) is 0.939. The molecule has 0 aliphatic heterocycles. The third-order valence-corrected chi connectivity index (χ3v) is 4.32. The summed E-state index contributed by atoms with van der Waals surface area (Å²) < 4.78 is 5.32. The number of carbonyl (C=O) groups is 3. The van der Waals surface area contributed by atoms with Crippen molar-refractivity contribution in [3.05, 3.63) is 35.5 Å². The Balaban J connectivity index is 2.06. The molecular weight excluding hydrogens is 364 g/mol. The van der Waals surface area contributed by atoms with Gasteiger partial charge in [-0.2, -0.15) is 0 Å². The van der Waals surface area contributed by atoms with Gasteiger partial charge >= 0.3 is 17.8 Å². The Morgan fingerprint density at radius 2 is 1.75 bits per heavy atom. The minimum atomic E-state index is -1.70. The maximum Gasteiger partial charge on any atom is 0.394 e. The molecule has 2 aromatic rings. The Hall–Kier alpha value is -3.16. The molecule has 0 radical (unpaired) electrons. The van der Waals surface area contributed by atoms with E-state index in [0.717, 1.165) is 25.0 Å². The molecule has 150 valence electrons. The number of hydrogen-bond donors (Lipinski definition) is 3. The van der Waals surface area contributed by atoms with E-state index in [2.05, 4.69) is 17.4 Å². The highest BCUT2D eigenvalue weighted by molar-refractivity contribution is 6.36. The second kappa shape index (κ2) is 10.2. The van der Waals surface area contributed by atoms with Crippen LogP contribution in [0, 0.1) is 0 Å². The third-order valence-electron chi connectivity index (χ3n) is 4.32. The van der Waals surface area contributed by atoms with Crippen LogP contribution in [-0.2, 0) is 16.0 Å². The fourth-order valence-corrected chi connectivity index (χ4v) is 2.81. The lowest BCUT2D eigenvalue weighted by atomic mass is 10.0. The maximum atomic E-state index is 11.5. The monoisotopic (exact) mass is 388 g/mol. The van der Waals surface area contributed by atoms with Gasteiger partial charge in [-0.15, -0.1) is 0 Å². The van der Waals surface area contributed by atoms with Gasteiger partial charge in [0.2, 0.25) is 0 Å². The average molecular weight is 388 g/mol. The number of carboxylic acids is 2. The van der Waals surface area contributed by atoms with Crippen LogP contribution in [0.5, 0.6) is 0 Å². The van der Waals surface area contributed by atoms with Gasteiger partial charge in [0, 0.05) is 11.6 Å². The highest BCUT2D eigenvalue weighted by atomic mass is 16.5. The summed E-state index contributed by atoms with van der Waals surface area (Å²) in [6.07, 6.45) is 7.83. The molecule has 28 heavy (non-hydrogen) atoms. The molecule has 3 N–H and O–H groups in total. The maximum absolute atomic E-state index is 11.5. The number of carbonyl (C=O) groups excluding carboxylic acids is 1. The number of carboxylic acid groups (broad SMARTS) is 2. The fraction of sp³-hybridized carbons (Fsp3) is 0.400. The smallest absolute Gasteiger partial charge is 0.394 e. The minimum Gasteiger partial charge on any atom is -0.478 e. The summed E-state index contributed by atoms with van der Waals surface area (Å²) in [5, 5.41) is 24.1. The number of aromatic nitrogens is 1. The zero-order chi connectivity index (χ0) is 20.5. The second-order valence-electron chi connectivity index (χ2n) is 6.53. The molecule has 0 saturated carbocycles. The van der Waals surface area contributed by atoms with Crippen LogP contribution in [0.1, 0.15) is 61.5 Å². The normalized spacial score (nSPS) is 10.6. The van der Waals surface area contributed by atoms with Crippen molar-refractivity contribution in [3.8, 4) is 11.3 Å². The topological polar surface area (TPSA) is 130 Å². The van der Waals surface area contributed by atoms with Gasteiger partial charge in [-0.1, -0.05) is 44.2 Å². The van der Waals surface area contributed by atoms with Crippen LogP contribution in [-0.4, -0.2) is 33.2 Å². The molecule has 0 aliphatic rings.